The zero-order chi connectivity index (χ0) is 15.4. The summed E-state index contributed by atoms with van der Waals surface area (Å²) in [6.45, 7) is 1.78. The summed E-state index contributed by atoms with van der Waals surface area (Å²) in [7, 11) is 1.45. The second-order valence-electron chi connectivity index (χ2n) is 4.34. The van der Waals surface area contributed by atoms with Crippen molar-refractivity contribution >= 4 is 12.0 Å². The second-order valence-corrected chi connectivity index (χ2v) is 4.34. The maximum absolute atomic E-state index is 10.8. The minimum absolute atomic E-state index is 0.0898. The summed E-state index contributed by atoms with van der Waals surface area (Å²) >= 11 is 0. The highest BCUT2D eigenvalue weighted by Gasteiger charge is 2.14. The van der Waals surface area contributed by atoms with Crippen LogP contribution in [0.2, 0.25) is 0 Å². The van der Waals surface area contributed by atoms with E-state index in [9.17, 15) is 14.9 Å². The van der Waals surface area contributed by atoms with E-state index >= 15 is 0 Å². The molecule has 0 aliphatic carbocycles. The summed E-state index contributed by atoms with van der Waals surface area (Å²) in [5.74, 6) is 1.13. The van der Waals surface area contributed by atoms with Gasteiger partial charge in [-0.2, -0.15) is 0 Å². The molecule has 0 unspecified atom stereocenters. The molecule has 0 atom stereocenters. The van der Waals surface area contributed by atoms with Gasteiger partial charge < -0.3 is 9.47 Å². The lowest BCUT2D eigenvalue weighted by atomic mass is 10.1. The van der Waals surface area contributed by atoms with Crippen molar-refractivity contribution < 1.29 is 19.2 Å². The molecule has 108 valence electrons. The molecule has 0 heterocycles. The van der Waals surface area contributed by atoms with Crippen molar-refractivity contribution in [2.75, 3.05) is 7.11 Å². The third kappa shape index (κ3) is 3.17. The molecular weight excluding hydrogens is 274 g/mol. The molecule has 0 saturated heterocycles. The number of nitrogens with zero attached hydrogens (tertiary/aromatic N) is 1. The van der Waals surface area contributed by atoms with Crippen LogP contribution in [0.15, 0.2) is 36.4 Å². The number of nitro groups is 1. The fraction of sp³-hybridized carbons (Fsp3) is 0.133. The Labute approximate surface area is 121 Å². The van der Waals surface area contributed by atoms with E-state index in [0.717, 1.165) is 11.8 Å². The predicted octanol–water partition coefficient (Wildman–Crippen LogP) is 3.52. The number of hydrogen-bond acceptors (Lipinski definition) is 5. The molecule has 6 heteroatoms. The van der Waals surface area contributed by atoms with Gasteiger partial charge in [0.25, 0.3) is 5.69 Å². The van der Waals surface area contributed by atoms with Crippen molar-refractivity contribution in [2.24, 2.45) is 0 Å². The molecule has 0 spiro atoms. The molecular formula is C15H13NO5. The summed E-state index contributed by atoms with van der Waals surface area (Å²) in [5.41, 5.74) is 1.19. The van der Waals surface area contributed by atoms with Crippen LogP contribution in [0.3, 0.4) is 0 Å². The van der Waals surface area contributed by atoms with Crippen molar-refractivity contribution in [2.45, 2.75) is 6.92 Å². The number of nitro benzene ring substituents is 1. The monoisotopic (exact) mass is 287 g/mol. The number of hydrogen-bond donors (Lipinski definition) is 0. The number of benzene rings is 2. The summed E-state index contributed by atoms with van der Waals surface area (Å²) < 4.78 is 10.8. The van der Waals surface area contributed by atoms with Crippen molar-refractivity contribution in [3.63, 3.8) is 0 Å². The molecule has 6 nitrogen and oxygen atoms in total. The molecule has 2 aromatic carbocycles. The topological polar surface area (TPSA) is 78.7 Å². The van der Waals surface area contributed by atoms with Gasteiger partial charge in [0.05, 0.1) is 18.1 Å². The van der Waals surface area contributed by atoms with E-state index in [1.165, 1.54) is 25.3 Å². The average molecular weight is 287 g/mol. The zero-order valence-corrected chi connectivity index (χ0v) is 11.5. The number of aldehydes is 1. The van der Waals surface area contributed by atoms with Crippen molar-refractivity contribution in [3.8, 4) is 17.2 Å². The molecule has 0 fully saturated rings. The molecule has 21 heavy (non-hydrogen) atoms. The second kappa shape index (κ2) is 6.04. The summed E-state index contributed by atoms with van der Waals surface area (Å²) in [6.07, 6.45) is 0.741. The van der Waals surface area contributed by atoms with E-state index in [0.29, 0.717) is 17.1 Å². The molecule has 0 amide bonds. The van der Waals surface area contributed by atoms with Crippen molar-refractivity contribution in [1.82, 2.24) is 0 Å². The van der Waals surface area contributed by atoms with Gasteiger partial charge in [0, 0.05) is 11.6 Å². The highest BCUT2D eigenvalue weighted by molar-refractivity contribution is 5.75. The standard InChI is InChI=1S/C15H13NO5/c1-10-7-11(9-17)3-5-13(10)21-15-8-12(16(18)19)4-6-14(15)20-2/h3-9H,1-2H3. The molecule has 0 saturated carbocycles. The van der Waals surface area contributed by atoms with Crippen LogP contribution >= 0.6 is 0 Å². The molecule has 0 radical (unpaired) electrons. The van der Waals surface area contributed by atoms with Gasteiger partial charge in [-0.15, -0.1) is 0 Å². The quantitative estimate of drug-likeness (QED) is 0.477. The van der Waals surface area contributed by atoms with Crippen LogP contribution in [0, 0.1) is 17.0 Å². The lowest BCUT2D eigenvalue weighted by molar-refractivity contribution is -0.384. The van der Waals surface area contributed by atoms with Gasteiger partial charge in [0.2, 0.25) is 0 Å². The van der Waals surface area contributed by atoms with Gasteiger partial charge in [0.1, 0.15) is 12.0 Å². The normalized spacial score (nSPS) is 10.0. The van der Waals surface area contributed by atoms with Gasteiger partial charge in [-0.05, 0) is 36.8 Å². The van der Waals surface area contributed by atoms with E-state index in [2.05, 4.69) is 0 Å². The minimum atomic E-state index is -0.505. The van der Waals surface area contributed by atoms with Crippen LogP contribution in [0.4, 0.5) is 5.69 Å². The van der Waals surface area contributed by atoms with Crippen LogP contribution < -0.4 is 9.47 Å². The highest BCUT2D eigenvalue weighted by atomic mass is 16.6. The summed E-state index contributed by atoms with van der Waals surface area (Å²) in [5, 5.41) is 10.8. The number of aryl methyl sites for hydroxylation is 1. The predicted molar refractivity (Wildman–Crippen MR) is 76.3 cm³/mol. The van der Waals surface area contributed by atoms with Crippen LogP contribution in [0.1, 0.15) is 15.9 Å². The van der Waals surface area contributed by atoms with Crippen LogP contribution in [-0.4, -0.2) is 18.3 Å². The first-order valence-corrected chi connectivity index (χ1v) is 6.11. The molecule has 0 aliphatic rings. The number of non-ortho nitro benzene ring substituents is 1. The summed E-state index contributed by atoms with van der Waals surface area (Å²) in [6, 6.07) is 9.03. The van der Waals surface area contributed by atoms with E-state index in [1.807, 2.05) is 0 Å². The van der Waals surface area contributed by atoms with Crippen LogP contribution in [0.25, 0.3) is 0 Å². The minimum Gasteiger partial charge on any atom is -0.493 e. The average Bonchev–Trinajstić information content (AvgIpc) is 2.49. The van der Waals surface area contributed by atoms with E-state index in [4.69, 9.17) is 9.47 Å². The Hall–Kier alpha value is -2.89. The van der Waals surface area contributed by atoms with Crippen molar-refractivity contribution in [3.05, 3.63) is 57.6 Å². The maximum Gasteiger partial charge on any atom is 0.273 e. The van der Waals surface area contributed by atoms with Gasteiger partial charge in [-0.1, -0.05) is 0 Å². The number of rotatable bonds is 5. The smallest absolute Gasteiger partial charge is 0.273 e. The fourth-order valence-electron chi connectivity index (χ4n) is 1.84. The maximum atomic E-state index is 10.8. The van der Waals surface area contributed by atoms with E-state index in [1.54, 1.807) is 25.1 Å². The first-order chi connectivity index (χ1) is 10.0. The first kappa shape index (κ1) is 14.5. The van der Waals surface area contributed by atoms with Crippen molar-refractivity contribution in [1.29, 1.82) is 0 Å². The third-order valence-electron chi connectivity index (χ3n) is 2.91. The Morgan fingerprint density at radius 2 is 1.81 bits per heavy atom. The lowest BCUT2D eigenvalue weighted by Gasteiger charge is -2.12. The molecule has 0 aliphatic heterocycles. The third-order valence-corrected chi connectivity index (χ3v) is 2.91. The molecule has 0 N–H and O–H groups in total. The Balaban J connectivity index is 2.40. The van der Waals surface area contributed by atoms with Gasteiger partial charge >= 0.3 is 0 Å². The van der Waals surface area contributed by atoms with E-state index < -0.39 is 4.92 Å². The molecule has 0 aromatic heterocycles. The molecule has 2 rings (SSSR count). The largest absolute Gasteiger partial charge is 0.493 e. The van der Waals surface area contributed by atoms with Crippen LogP contribution in [0.5, 0.6) is 17.2 Å². The molecule has 0 bridgehead atoms. The number of carbonyl (C=O) groups excluding carboxylic acids is 1. The highest BCUT2D eigenvalue weighted by Crippen LogP contribution is 2.35. The van der Waals surface area contributed by atoms with E-state index in [-0.39, 0.29) is 11.4 Å². The Bertz CT molecular complexity index is 696. The van der Waals surface area contributed by atoms with Gasteiger partial charge in [-0.25, -0.2) is 0 Å². The first-order valence-electron chi connectivity index (χ1n) is 6.11. The van der Waals surface area contributed by atoms with Gasteiger partial charge in [0.15, 0.2) is 11.5 Å². The molecule has 2 aromatic rings. The Morgan fingerprint density at radius 3 is 2.38 bits per heavy atom. The SMILES string of the molecule is COc1ccc([N+](=O)[O-])cc1Oc1ccc(C=O)cc1C. The Kier molecular flexibility index (Phi) is 4.18. The number of carbonyl (C=O) groups is 1. The number of methoxy groups -OCH3 is 1. The van der Waals surface area contributed by atoms with Crippen LogP contribution in [-0.2, 0) is 0 Å². The fourth-order valence-corrected chi connectivity index (χ4v) is 1.84. The summed E-state index contributed by atoms with van der Waals surface area (Å²) in [4.78, 5) is 21.0. The van der Waals surface area contributed by atoms with Gasteiger partial charge in [-0.3, -0.25) is 14.9 Å². The number of ether oxygens (including phenoxy) is 2. The Morgan fingerprint density at radius 1 is 1.10 bits per heavy atom. The zero-order valence-electron chi connectivity index (χ0n) is 11.5. The lowest BCUT2D eigenvalue weighted by Crippen LogP contribution is -1.95.